The van der Waals surface area contributed by atoms with Gasteiger partial charge in [0.25, 0.3) is 0 Å². The zero-order valence-electron chi connectivity index (χ0n) is 30.1. The molecule has 1 aliphatic heterocycles. The number of aromatic nitrogens is 2. The lowest BCUT2D eigenvalue weighted by Crippen LogP contribution is -2.63. The lowest BCUT2D eigenvalue weighted by molar-refractivity contribution is -0.181. The largest absolute Gasteiger partial charge is 0.393 e. The van der Waals surface area contributed by atoms with Crippen LogP contribution in [0.5, 0.6) is 0 Å². The third kappa shape index (κ3) is 6.07. The second kappa shape index (κ2) is 14.2. The summed E-state index contributed by atoms with van der Waals surface area (Å²) in [5.41, 5.74) is -1.07. The van der Waals surface area contributed by atoms with E-state index in [0.29, 0.717) is 32.4 Å². The molecule has 0 spiro atoms. The van der Waals surface area contributed by atoms with Gasteiger partial charge in [-0.25, -0.2) is 0 Å². The summed E-state index contributed by atoms with van der Waals surface area (Å²) in [5.74, 6) is 3.25. The quantitative estimate of drug-likeness (QED) is 0.365. The van der Waals surface area contributed by atoms with Gasteiger partial charge in [0, 0.05) is 70.3 Å². The van der Waals surface area contributed by atoms with Gasteiger partial charge in [-0.05, 0) is 95.5 Å². The van der Waals surface area contributed by atoms with Crippen molar-refractivity contribution in [3.05, 3.63) is 17.7 Å². The molecule has 3 saturated carbocycles. The third-order valence-electron chi connectivity index (χ3n) is 13.4. The monoisotopic (exact) mass is 686 g/mol. The molecule has 10 nitrogen and oxygen atoms in total. The lowest BCUT2D eigenvalue weighted by Gasteiger charge is -2.60. The summed E-state index contributed by atoms with van der Waals surface area (Å²) < 4.78 is 0. The van der Waals surface area contributed by atoms with Crippen LogP contribution in [0.2, 0.25) is 0 Å². The molecule has 4 fully saturated rings. The van der Waals surface area contributed by atoms with Gasteiger partial charge in [0.2, 0.25) is 5.95 Å². The first-order chi connectivity index (χ1) is 22.4. The number of aliphatic hydroxyl groups excluding tert-OH is 1. The van der Waals surface area contributed by atoms with Gasteiger partial charge >= 0.3 is 0 Å². The zero-order valence-corrected chi connectivity index (χ0v) is 30.9. The number of allylic oxidation sites excluding steroid dienone is 1. The molecule has 1 aromatic heterocycles. The smallest absolute Gasteiger partial charge is 0.229 e. The Bertz CT molecular complexity index is 1350. The number of piperazine rings is 1. The molecular weight excluding hydrogens is 628 g/mol. The fourth-order valence-corrected chi connectivity index (χ4v) is 10.5. The Hall–Kier alpha value is -2.27. The summed E-state index contributed by atoms with van der Waals surface area (Å²) in [6.07, 6.45) is 6.08. The van der Waals surface area contributed by atoms with Crippen molar-refractivity contribution in [2.24, 2.45) is 28.6 Å². The van der Waals surface area contributed by atoms with E-state index in [-0.39, 0.29) is 53.7 Å². The summed E-state index contributed by atoms with van der Waals surface area (Å²) in [6.45, 7) is 19.5. The molecule has 2 heterocycles. The minimum absolute atomic E-state index is 0. The van der Waals surface area contributed by atoms with Crippen LogP contribution < -0.4 is 14.7 Å². The van der Waals surface area contributed by atoms with Gasteiger partial charge < -0.3 is 24.9 Å². The van der Waals surface area contributed by atoms with Gasteiger partial charge in [0.15, 0.2) is 11.6 Å². The Morgan fingerprint density at radius 1 is 0.958 bits per heavy atom. The fraction of sp³-hybridized carbons (Fsp3) is 0.784. The van der Waals surface area contributed by atoms with Crippen molar-refractivity contribution in [2.75, 3.05) is 73.6 Å². The molecule has 0 unspecified atom stereocenters. The van der Waals surface area contributed by atoms with E-state index in [1.165, 1.54) is 5.57 Å². The average molecular weight is 687 g/mol. The van der Waals surface area contributed by atoms with E-state index in [4.69, 9.17) is 9.97 Å². The van der Waals surface area contributed by atoms with Crippen molar-refractivity contribution in [1.29, 1.82) is 0 Å². The maximum absolute atomic E-state index is 14.1. The molecule has 2 N–H and O–H groups in total. The zero-order chi connectivity index (χ0) is 33.7. The van der Waals surface area contributed by atoms with Crippen LogP contribution in [0, 0.1) is 28.6 Å². The highest BCUT2D eigenvalue weighted by molar-refractivity contribution is 5.92. The number of carbonyl (C=O) groups excluding carboxylic acids is 2. The average Bonchev–Trinajstić information content (AvgIpc) is 3.33. The lowest BCUT2D eigenvalue weighted by atomic mass is 9.45. The first-order valence-corrected chi connectivity index (χ1v) is 18.5. The third-order valence-corrected chi connectivity index (χ3v) is 13.4. The maximum atomic E-state index is 14.1. The Kier molecular flexibility index (Phi) is 10.9. The number of halogens is 1. The minimum Gasteiger partial charge on any atom is -0.393 e. The van der Waals surface area contributed by atoms with E-state index in [1.807, 2.05) is 6.08 Å². The summed E-state index contributed by atoms with van der Waals surface area (Å²) in [5, 5.41) is 24.1. The minimum atomic E-state index is -1.44. The molecule has 0 amide bonds. The molecule has 0 bridgehead atoms. The number of Topliss-reactive ketones (excluding diaryl/α,β-unsaturated/α-hetero) is 1. The van der Waals surface area contributed by atoms with E-state index >= 15 is 0 Å². The predicted molar refractivity (Wildman–Crippen MR) is 193 cm³/mol. The second-order valence-corrected chi connectivity index (χ2v) is 15.4. The Balaban J connectivity index is 0.00000451. The number of ketones is 2. The summed E-state index contributed by atoms with van der Waals surface area (Å²) in [7, 11) is 0. The number of nitrogens with zero attached hydrogens (tertiary/aromatic N) is 6. The molecule has 4 aliphatic carbocycles. The van der Waals surface area contributed by atoms with Crippen LogP contribution in [-0.4, -0.2) is 107 Å². The van der Waals surface area contributed by atoms with Crippen LogP contribution in [0.4, 0.5) is 17.6 Å². The normalized spacial score (nSPS) is 34.8. The molecule has 6 rings (SSSR count). The Labute approximate surface area is 293 Å². The number of hydrogen-bond acceptors (Lipinski definition) is 10. The highest BCUT2D eigenvalue weighted by Gasteiger charge is 2.68. The molecule has 7 atom stereocenters. The van der Waals surface area contributed by atoms with Crippen molar-refractivity contribution < 1.29 is 19.8 Å². The Morgan fingerprint density at radius 3 is 2.27 bits per heavy atom. The van der Waals surface area contributed by atoms with Crippen molar-refractivity contribution >= 4 is 41.6 Å². The van der Waals surface area contributed by atoms with E-state index in [2.05, 4.69) is 67.2 Å². The summed E-state index contributed by atoms with van der Waals surface area (Å²) in [4.78, 5) is 45.2. The van der Waals surface area contributed by atoms with Crippen molar-refractivity contribution in [3.63, 3.8) is 0 Å². The molecular formula is C37H59ClN6O4. The molecule has 0 aromatic carbocycles. The molecule has 48 heavy (non-hydrogen) atoms. The van der Waals surface area contributed by atoms with Crippen molar-refractivity contribution in [3.8, 4) is 0 Å². The number of rotatable bonds is 10. The SMILES string of the molecule is CCN(CC)c1cc(N2CCN(CC(=O)[C@@]3(O)CC[C@H]4[C@@H]5CCC6=CC(=O)CC[C@]6(C)[C@H]5[C@H](O)C[C@@]43C)CC2)nc(N(CC)CC)n1.Cl. The van der Waals surface area contributed by atoms with E-state index in [9.17, 15) is 19.8 Å². The highest BCUT2D eigenvalue weighted by atomic mass is 35.5. The first kappa shape index (κ1) is 37.0. The van der Waals surface area contributed by atoms with Crippen LogP contribution >= 0.6 is 12.4 Å². The molecule has 1 saturated heterocycles. The van der Waals surface area contributed by atoms with Gasteiger partial charge in [-0.15, -0.1) is 12.4 Å². The second-order valence-electron chi connectivity index (χ2n) is 15.4. The number of hydrogen-bond donors (Lipinski definition) is 2. The van der Waals surface area contributed by atoms with E-state index in [0.717, 1.165) is 82.5 Å². The first-order valence-electron chi connectivity index (χ1n) is 18.5. The number of carbonyl (C=O) groups is 2. The molecule has 1 aromatic rings. The maximum Gasteiger partial charge on any atom is 0.229 e. The van der Waals surface area contributed by atoms with Gasteiger partial charge in [0.05, 0.1) is 12.6 Å². The topological polar surface area (TPSA) is 113 Å². The summed E-state index contributed by atoms with van der Waals surface area (Å²) in [6, 6.07) is 2.10. The van der Waals surface area contributed by atoms with E-state index < -0.39 is 17.1 Å². The standard InChI is InChI=1S/C37H58N6O4.ClH/c1-7-41(8-2)31-22-32(39-34(38-31)42(9-3)10-4)43-19-17-40(18-20-43)24-30(46)37(47)16-14-28-27-12-11-25-21-26(44)13-15-35(25,5)33(27)29(45)23-36(28,37)6;/h21-22,27-29,33,45,47H,7-20,23-24H2,1-6H3;1H/t27-,28-,29+,33+,35-,36-,37-;/m0./s1. The van der Waals surface area contributed by atoms with Gasteiger partial charge in [-0.3, -0.25) is 14.5 Å². The van der Waals surface area contributed by atoms with Crippen LogP contribution in [0.15, 0.2) is 17.7 Å². The van der Waals surface area contributed by atoms with Crippen molar-refractivity contribution in [2.45, 2.75) is 98.2 Å². The van der Waals surface area contributed by atoms with E-state index in [1.54, 1.807) is 0 Å². The Morgan fingerprint density at radius 2 is 1.62 bits per heavy atom. The van der Waals surface area contributed by atoms with Crippen LogP contribution in [0.25, 0.3) is 0 Å². The van der Waals surface area contributed by atoms with Crippen LogP contribution in [0.3, 0.4) is 0 Å². The van der Waals surface area contributed by atoms with Gasteiger partial charge in [-0.2, -0.15) is 9.97 Å². The molecule has 5 aliphatic rings. The van der Waals surface area contributed by atoms with Gasteiger partial charge in [-0.1, -0.05) is 19.4 Å². The van der Waals surface area contributed by atoms with Crippen LogP contribution in [-0.2, 0) is 9.59 Å². The molecule has 11 heteroatoms. The van der Waals surface area contributed by atoms with Gasteiger partial charge in [0.1, 0.15) is 17.2 Å². The summed E-state index contributed by atoms with van der Waals surface area (Å²) >= 11 is 0. The highest BCUT2D eigenvalue weighted by Crippen LogP contribution is 2.67. The van der Waals surface area contributed by atoms with Crippen molar-refractivity contribution in [1.82, 2.24) is 14.9 Å². The number of aliphatic hydroxyl groups is 2. The molecule has 0 radical (unpaired) electrons. The fourth-order valence-electron chi connectivity index (χ4n) is 10.5. The van der Waals surface area contributed by atoms with Crippen LogP contribution in [0.1, 0.15) is 86.5 Å². The number of fused-ring (bicyclic) bond motifs is 5. The number of anilines is 3. The molecule has 268 valence electrons. The predicted octanol–water partition coefficient (Wildman–Crippen LogP) is 4.52.